The van der Waals surface area contributed by atoms with Crippen LogP contribution in [0, 0.1) is 0 Å². The van der Waals surface area contributed by atoms with Crippen molar-refractivity contribution in [3.63, 3.8) is 0 Å². The molecule has 4 aromatic carbocycles. The zero-order valence-corrected chi connectivity index (χ0v) is 20.3. The van der Waals surface area contributed by atoms with Gasteiger partial charge in [-0.25, -0.2) is 0 Å². The lowest BCUT2D eigenvalue weighted by Gasteiger charge is -2.11. The predicted molar refractivity (Wildman–Crippen MR) is 140 cm³/mol. The molecule has 0 aliphatic heterocycles. The van der Waals surface area contributed by atoms with E-state index >= 15 is 0 Å². The van der Waals surface area contributed by atoms with E-state index in [1.54, 1.807) is 36.4 Å². The molecule has 0 heterocycles. The maximum atomic E-state index is 12.6. The van der Waals surface area contributed by atoms with Gasteiger partial charge in [-0.2, -0.15) is 0 Å². The lowest BCUT2D eigenvalue weighted by atomic mass is 10.0. The summed E-state index contributed by atoms with van der Waals surface area (Å²) in [5, 5.41) is 40.3. The van der Waals surface area contributed by atoms with Crippen LogP contribution in [-0.4, -0.2) is 45.2 Å². The fourth-order valence-corrected chi connectivity index (χ4v) is 3.79. The molecule has 0 spiro atoms. The van der Waals surface area contributed by atoms with Crippen LogP contribution < -0.4 is 9.47 Å². The van der Waals surface area contributed by atoms with E-state index in [1.165, 1.54) is 48.5 Å². The Hall–Kier alpha value is -4.98. The first-order valence-corrected chi connectivity index (χ1v) is 11.9. The third kappa shape index (κ3) is 6.04. The van der Waals surface area contributed by atoms with E-state index in [0.29, 0.717) is 37.6 Å². The molecule has 4 aromatic rings. The van der Waals surface area contributed by atoms with Crippen molar-refractivity contribution < 1.29 is 39.5 Å². The van der Waals surface area contributed by atoms with Gasteiger partial charge in [-0.1, -0.05) is 24.3 Å². The van der Waals surface area contributed by atoms with E-state index in [0.717, 1.165) is 0 Å². The second-order valence-electron chi connectivity index (χ2n) is 8.45. The fraction of sp³-hybridized carbons (Fsp3) is 0.133. The highest BCUT2D eigenvalue weighted by Crippen LogP contribution is 2.30. The molecule has 0 aromatic heterocycles. The molecular weight excluding hydrogens is 488 g/mol. The van der Waals surface area contributed by atoms with Gasteiger partial charge in [-0.05, 0) is 61.4 Å². The quantitative estimate of drug-likeness (QED) is 0.158. The number of phenolic OH excluding ortho intramolecular Hbond substituents is 4. The summed E-state index contributed by atoms with van der Waals surface area (Å²) in [5.41, 5.74) is 0.315. The lowest BCUT2D eigenvalue weighted by Crippen LogP contribution is -2.05. The Morgan fingerprint density at radius 2 is 0.868 bits per heavy atom. The first-order chi connectivity index (χ1) is 18.3. The minimum absolute atomic E-state index is 0.0591. The minimum Gasteiger partial charge on any atom is -0.507 e. The van der Waals surface area contributed by atoms with Gasteiger partial charge in [0.1, 0.15) is 34.5 Å². The second-order valence-corrected chi connectivity index (χ2v) is 8.45. The molecule has 8 heteroatoms. The Kier molecular flexibility index (Phi) is 8.13. The molecule has 0 radical (unpaired) electrons. The van der Waals surface area contributed by atoms with E-state index in [2.05, 4.69) is 0 Å². The molecule has 0 unspecified atom stereocenters. The Balaban J connectivity index is 1.23. The molecule has 8 nitrogen and oxygen atoms in total. The third-order valence-corrected chi connectivity index (χ3v) is 5.80. The van der Waals surface area contributed by atoms with Crippen LogP contribution in [0.4, 0.5) is 0 Å². The van der Waals surface area contributed by atoms with Crippen molar-refractivity contribution in [3.8, 4) is 34.5 Å². The Bertz CT molecular complexity index is 1350. The number of phenols is 4. The van der Waals surface area contributed by atoms with Crippen LogP contribution in [0.25, 0.3) is 0 Å². The number of para-hydroxylation sites is 2. The summed E-state index contributed by atoms with van der Waals surface area (Å²) in [7, 11) is 0. The van der Waals surface area contributed by atoms with Crippen LogP contribution in [0.2, 0.25) is 0 Å². The standard InChI is InChI=1S/C30H26O8/c31-25-9-3-1-7-21(25)29(35)23-13-11-19(17-27(23)33)37-15-5-6-16-38-20-12-14-24(28(34)18-20)30(36)22-8-2-4-10-26(22)32/h1-4,7-14,17-18,31-34H,5-6,15-16H2. The van der Waals surface area contributed by atoms with E-state index in [1.807, 2.05) is 0 Å². The smallest absolute Gasteiger partial charge is 0.200 e. The summed E-state index contributed by atoms with van der Waals surface area (Å²) in [6, 6.07) is 21.0. The summed E-state index contributed by atoms with van der Waals surface area (Å²) in [6.07, 6.45) is 1.27. The summed E-state index contributed by atoms with van der Waals surface area (Å²) in [4.78, 5) is 25.2. The van der Waals surface area contributed by atoms with Crippen molar-refractivity contribution in [2.75, 3.05) is 13.2 Å². The van der Waals surface area contributed by atoms with Crippen LogP contribution in [0.15, 0.2) is 84.9 Å². The van der Waals surface area contributed by atoms with Gasteiger partial charge >= 0.3 is 0 Å². The molecule has 194 valence electrons. The molecule has 0 bridgehead atoms. The van der Waals surface area contributed by atoms with Crippen LogP contribution in [-0.2, 0) is 0 Å². The number of rotatable bonds is 11. The number of aromatic hydroxyl groups is 4. The van der Waals surface area contributed by atoms with E-state index in [4.69, 9.17) is 9.47 Å². The van der Waals surface area contributed by atoms with E-state index in [-0.39, 0.29) is 45.3 Å². The zero-order chi connectivity index (χ0) is 27.1. The third-order valence-electron chi connectivity index (χ3n) is 5.80. The van der Waals surface area contributed by atoms with Crippen molar-refractivity contribution in [3.05, 3.63) is 107 Å². The largest absolute Gasteiger partial charge is 0.507 e. The number of ether oxygens (including phenoxy) is 2. The summed E-state index contributed by atoms with van der Waals surface area (Å²) < 4.78 is 11.3. The lowest BCUT2D eigenvalue weighted by molar-refractivity contribution is 0.102. The number of unbranched alkanes of at least 4 members (excludes halogenated alkanes) is 1. The number of carbonyl (C=O) groups excluding carboxylic acids is 2. The molecular formula is C30H26O8. The summed E-state index contributed by atoms with van der Waals surface area (Å²) in [6.45, 7) is 0.684. The Labute approximate surface area is 219 Å². The average molecular weight is 515 g/mol. The number of hydrogen-bond acceptors (Lipinski definition) is 8. The Morgan fingerprint density at radius 1 is 0.500 bits per heavy atom. The van der Waals surface area contributed by atoms with Crippen molar-refractivity contribution in [1.29, 1.82) is 0 Å². The summed E-state index contributed by atoms with van der Waals surface area (Å²) >= 11 is 0. The van der Waals surface area contributed by atoms with Crippen molar-refractivity contribution >= 4 is 11.6 Å². The van der Waals surface area contributed by atoms with Crippen LogP contribution in [0.1, 0.15) is 44.7 Å². The van der Waals surface area contributed by atoms with Crippen LogP contribution in [0.5, 0.6) is 34.5 Å². The van der Waals surface area contributed by atoms with Crippen molar-refractivity contribution in [1.82, 2.24) is 0 Å². The number of hydrogen-bond donors (Lipinski definition) is 4. The highest BCUT2D eigenvalue weighted by atomic mass is 16.5. The zero-order valence-electron chi connectivity index (χ0n) is 20.3. The van der Waals surface area contributed by atoms with Gasteiger partial charge in [-0.3, -0.25) is 9.59 Å². The predicted octanol–water partition coefficient (Wildman–Crippen LogP) is 5.21. The molecule has 0 fully saturated rings. The maximum Gasteiger partial charge on any atom is 0.200 e. The van der Waals surface area contributed by atoms with Gasteiger partial charge in [0.15, 0.2) is 11.6 Å². The SMILES string of the molecule is O=C(c1ccccc1O)c1ccc(OCCCCOc2ccc(C(=O)c3ccccc3O)c(O)c2)cc1O. The fourth-order valence-electron chi connectivity index (χ4n) is 3.79. The topological polar surface area (TPSA) is 134 Å². The Morgan fingerprint density at radius 3 is 1.24 bits per heavy atom. The summed E-state index contributed by atoms with van der Waals surface area (Å²) in [5.74, 6) is -1.01. The second kappa shape index (κ2) is 11.8. The van der Waals surface area contributed by atoms with Crippen molar-refractivity contribution in [2.45, 2.75) is 12.8 Å². The minimum atomic E-state index is -0.494. The van der Waals surface area contributed by atoms with Crippen LogP contribution >= 0.6 is 0 Å². The molecule has 0 saturated carbocycles. The number of benzene rings is 4. The number of ketones is 2. The molecule has 4 N–H and O–H groups in total. The van der Waals surface area contributed by atoms with Gasteiger partial charge in [0.2, 0.25) is 0 Å². The maximum absolute atomic E-state index is 12.6. The first-order valence-electron chi connectivity index (χ1n) is 11.9. The highest BCUT2D eigenvalue weighted by molar-refractivity contribution is 6.12. The van der Waals surface area contributed by atoms with Crippen LogP contribution in [0.3, 0.4) is 0 Å². The molecule has 0 amide bonds. The molecule has 0 aliphatic carbocycles. The first kappa shape index (κ1) is 26.1. The van der Waals surface area contributed by atoms with Gasteiger partial charge in [0.05, 0.1) is 35.5 Å². The molecule has 38 heavy (non-hydrogen) atoms. The molecule has 4 rings (SSSR count). The normalized spacial score (nSPS) is 10.6. The number of carbonyl (C=O) groups is 2. The molecule has 0 saturated heterocycles. The molecule has 0 aliphatic rings. The van der Waals surface area contributed by atoms with Gasteiger partial charge < -0.3 is 29.9 Å². The monoisotopic (exact) mass is 514 g/mol. The van der Waals surface area contributed by atoms with Crippen molar-refractivity contribution in [2.24, 2.45) is 0 Å². The molecule has 0 atom stereocenters. The highest BCUT2D eigenvalue weighted by Gasteiger charge is 2.18. The van der Waals surface area contributed by atoms with Gasteiger partial charge in [-0.15, -0.1) is 0 Å². The van der Waals surface area contributed by atoms with Gasteiger partial charge in [0.25, 0.3) is 0 Å². The van der Waals surface area contributed by atoms with E-state index < -0.39 is 11.6 Å². The van der Waals surface area contributed by atoms with Gasteiger partial charge in [0, 0.05) is 12.1 Å². The average Bonchev–Trinajstić information content (AvgIpc) is 2.90. The van der Waals surface area contributed by atoms with E-state index in [9.17, 15) is 30.0 Å².